The van der Waals surface area contributed by atoms with E-state index in [0.717, 1.165) is 36.8 Å². The van der Waals surface area contributed by atoms with E-state index in [-0.39, 0.29) is 40.4 Å². The van der Waals surface area contributed by atoms with Gasteiger partial charge in [0.2, 0.25) is 5.91 Å². The quantitative estimate of drug-likeness (QED) is 0.260. The van der Waals surface area contributed by atoms with E-state index in [4.69, 9.17) is 16.3 Å². The van der Waals surface area contributed by atoms with Gasteiger partial charge in [-0.15, -0.1) is 0 Å². The Morgan fingerprint density at radius 3 is 2.59 bits per heavy atom. The fourth-order valence-electron chi connectivity index (χ4n) is 4.34. The summed E-state index contributed by atoms with van der Waals surface area (Å²) in [6, 6.07) is 4.44. The monoisotopic (exact) mass is 569 g/mol. The highest BCUT2D eigenvalue weighted by Crippen LogP contribution is 2.35. The van der Waals surface area contributed by atoms with Crippen LogP contribution in [-0.2, 0) is 24.2 Å². The maximum atomic E-state index is 12.6. The number of esters is 1. The minimum Gasteiger partial charge on any atom is -0.461 e. The van der Waals surface area contributed by atoms with Crippen LogP contribution in [0.3, 0.4) is 0 Å². The van der Waals surface area contributed by atoms with Crippen molar-refractivity contribution in [3.8, 4) is 10.4 Å². The zero-order chi connectivity index (χ0) is 27.2. The second kappa shape index (κ2) is 13.2. The Kier molecular flexibility index (Phi) is 10.5. The number of hydrogen-bond donors (Lipinski definition) is 2. The largest absolute Gasteiger partial charge is 0.461 e. The summed E-state index contributed by atoms with van der Waals surface area (Å²) in [6.07, 6.45) is 6.76. The van der Waals surface area contributed by atoms with Gasteiger partial charge >= 0.3 is 5.97 Å². The van der Waals surface area contributed by atoms with Gasteiger partial charge < -0.3 is 15.4 Å². The Morgan fingerprint density at radius 1 is 1.24 bits per heavy atom. The number of benzene rings is 1. The number of nitrogens with zero attached hydrogens (tertiary/aromatic N) is 1. The molecule has 37 heavy (non-hydrogen) atoms. The first-order chi connectivity index (χ1) is 17.4. The maximum absolute atomic E-state index is 12.6. The molecule has 11 heteroatoms. The van der Waals surface area contributed by atoms with E-state index in [9.17, 15) is 18.0 Å². The molecule has 1 saturated carbocycles. The summed E-state index contributed by atoms with van der Waals surface area (Å²) >= 11 is 7.34. The average molecular weight is 570 g/mol. The smallest absolute Gasteiger partial charge is 0.323 e. The van der Waals surface area contributed by atoms with Crippen molar-refractivity contribution in [2.45, 2.75) is 82.8 Å². The summed E-state index contributed by atoms with van der Waals surface area (Å²) in [5.74, 6) is -0.0329. The number of ether oxygens (including phenoxy) is 1. The second-order valence-electron chi connectivity index (χ2n) is 9.98. The van der Waals surface area contributed by atoms with Crippen molar-refractivity contribution in [2.75, 3.05) is 18.1 Å². The van der Waals surface area contributed by atoms with Crippen LogP contribution in [-0.4, -0.2) is 50.2 Å². The van der Waals surface area contributed by atoms with E-state index in [2.05, 4.69) is 29.5 Å². The number of carbonyl (C=O) groups excluding carboxylic acids is 2. The number of aromatic nitrogens is 1. The van der Waals surface area contributed by atoms with Gasteiger partial charge in [-0.2, -0.15) is 0 Å². The van der Waals surface area contributed by atoms with Crippen molar-refractivity contribution in [3.63, 3.8) is 0 Å². The van der Waals surface area contributed by atoms with Crippen molar-refractivity contribution in [2.24, 2.45) is 5.92 Å². The fourth-order valence-corrected chi connectivity index (χ4v) is 6.62. The normalized spacial score (nSPS) is 15.2. The molecule has 1 heterocycles. The van der Waals surface area contributed by atoms with E-state index in [1.807, 2.05) is 0 Å². The fraction of sp³-hybridized carbons (Fsp3) is 0.577. The van der Waals surface area contributed by atoms with Crippen LogP contribution in [0.1, 0.15) is 64.5 Å². The molecule has 1 aromatic heterocycles. The molecule has 1 atom stereocenters. The van der Waals surface area contributed by atoms with Gasteiger partial charge in [0.15, 0.2) is 15.0 Å². The highest BCUT2D eigenvalue weighted by atomic mass is 35.5. The summed E-state index contributed by atoms with van der Waals surface area (Å²) in [4.78, 5) is 30.4. The van der Waals surface area contributed by atoms with Gasteiger partial charge in [-0.25, -0.2) is 13.4 Å². The van der Waals surface area contributed by atoms with Crippen LogP contribution in [0.15, 0.2) is 23.1 Å². The molecule has 8 nitrogen and oxygen atoms in total. The minimum absolute atomic E-state index is 0.0345. The Bertz CT molecular complexity index is 1210. The molecular weight excluding hydrogens is 534 g/mol. The second-order valence-corrected chi connectivity index (χ2v) is 13.4. The predicted octanol–water partition coefficient (Wildman–Crippen LogP) is 5.38. The van der Waals surface area contributed by atoms with Crippen LogP contribution in [0.2, 0.25) is 5.02 Å². The highest BCUT2D eigenvalue weighted by molar-refractivity contribution is 7.90. The van der Waals surface area contributed by atoms with Crippen LogP contribution < -0.4 is 10.6 Å². The first kappa shape index (κ1) is 29.5. The molecule has 1 aromatic carbocycles. The lowest BCUT2D eigenvalue weighted by atomic mass is 10.0. The maximum Gasteiger partial charge on any atom is 0.323 e. The summed E-state index contributed by atoms with van der Waals surface area (Å²) in [6.45, 7) is 6.47. The topological polar surface area (TPSA) is 114 Å². The number of anilines is 1. The number of aryl methyl sites for hydroxylation is 1. The Balaban J connectivity index is 1.52. The van der Waals surface area contributed by atoms with Crippen LogP contribution in [0.5, 0.6) is 0 Å². The first-order valence-corrected chi connectivity index (χ1v) is 15.7. The molecule has 0 spiro atoms. The van der Waals surface area contributed by atoms with E-state index in [0.29, 0.717) is 41.7 Å². The summed E-state index contributed by atoms with van der Waals surface area (Å²) in [5, 5.41) is 6.71. The lowest BCUT2D eigenvalue weighted by Gasteiger charge is -2.21. The van der Waals surface area contributed by atoms with Crippen LogP contribution in [0, 0.1) is 12.8 Å². The molecule has 2 N–H and O–H groups in total. The molecular formula is C26H36ClN3O5S2. The van der Waals surface area contributed by atoms with E-state index in [1.165, 1.54) is 17.4 Å². The molecule has 0 unspecified atom stereocenters. The van der Waals surface area contributed by atoms with Crippen molar-refractivity contribution in [1.29, 1.82) is 0 Å². The van der Waals surface area contributed by atoms with Crippen molar-refractivity contribution < 1.29 is 22.7 Å². The number of amides is 1. The minimum atomic E-state index is -3.48. The number of nitrogens with one attached hydrogen (secondary N) is 2. The van der Waals surface area contributed by atoms with Gasteiger partial charge in [0, 0.05) is 12.7 Å². The third kappa shape index (κ3) is 8.77. The van der Waals surface area contributed by atoms with Gasteiger partial charge in [0.05, 0.1) is 20.5 Å². The highest BCUT2D eigenvalue weighted by Gasteiger charge is 2.26. The molecule has 1 aliphatic rings. The van der Waals surface area contributed by atoms with Crippen molar-refractivity contribution >= 4 is 49.8 Å². The Hall–Kier alpha value is -2.01. The van der Waals surface area contributed by atoms with Crippen LogP contribution in [0.25, 0.3) is 10.4 Å². The molecule has 0 bridgehead atoms. The van der Waals surface area contributed by atoms with Crippen molar-refractivity contribution in [1.82, 2.24) is 10.3 Å². The average Bonchev–Trinajstić information content (AvgIpc) is 3.44. The Morgan fingerprint density at radius 2 is 1.95 bits per heavy atom. The van der Waals surface area contributed by atoms with Gasteiger partial charge in [0.25, 0.3) is 0 Å². The molecule has 0 saturated heterocycles. The van der Waals surface area contributed by atoms with Crippen molar-refractivity contribution in [3.05, 3.63) is 28.9 Å². The number of rotatable bonds is 12. The molecule has 0 radical (unpaired) electrons. The predicted molar refractivity (Wildman–Crippen MR) is 148 cm³/mol. The SMILES string of the molecule is Cc1nc(NC(=O)CCCN[C@@H](CC(C)C)C(=O)OC2CCCC2)sc1-c1ccc(Cl)c(S(C)(=O)=O)c1. The lowest BCUT2D eigenvalue weighted by molar-refractivity contribution is -0.151. The first-order valence-electron chi connectivity index (χ1n) is 12.6. The molecule has 3 rings (SSSR count). The summed E-state index contributed by atoms with van der Waals surface area (Å²) in [7, 11) is -3.48. The molecule has 0 aliphatic heterocycles. The van der Waals surface area contributed by atoms with Gasteiger partial charge in [0.1, 0.15) is 12.1 Å². The van der Waals surface area contributed by atoms with E-state index >= 15 is 0 Å². The molecule has 1 fully saturated rings. The lowest BCUT2D eigenvalue weighted by Crippen LogP contribution is -2.41. The summed E-state index contributed by atoms with van der Waals surface area (Å²) in [5.41, 5.74) is 1.35. The standard InChI is InChI=1S/C26H36ClN3O5S2/c1-16(2)14-21(25(32)35-19-8-5-6-9-19)28-13-7-10-23(31)30-26-29-17(3)24(36-26)18-11-12-20(27)22(15-18)37(4,33)34/h11-12,15-16,19,21,28H,5-10,13-14H2,1-4H3,(H,29,30,31)/t21-/m0/s1. The third-order valence-corrected chi connectivity index (χ3v) is 8.88. The zero-order valence-electron chi connectivity index (χ0n) is 21.8. The number of sulfone groups is 1. The van der Waals surface area contributed by atoms with Gasteiger partial charge in [-0.1, -0.05) is 42.9 Å². The zero-order valence-corrected chi connectivity index (χ0v) is 24.2. The number of hydrogen-bond acceptors (Lipinski definition) is 8. The van der Waals surface area contributed by atoms with E-state index < -0.39 is 9.84 Å². The van der Waals surface area contributed by atoms with Gasteiger partial charge in [-0.05, 0) is 75.6 Å². The number of thiazole rings is 1. The molecule has 1 amide bonds. The molecule has 204 valence electrons. The number of halogens is 1. The number of carbonyl (C=O) groups is 2. The summed E-state index contributed by atoms with van der Waals surface area (Å²) < 4.78 is 29.7. The third-order valence-electron chi connectivity index (χ3n) is 6.18. The molecule has 1 aliphatic carbocycles. The van der Waals surface area contributed by atoms with Crippen LogP contribution in [0.4, 0.5) is 5.13 Å². The van der Waals surface area contributed by atoms with Crippen LogP contribution >= 0.6 is 22.9 Å². The van der Waals surface area contributed by atoms with Gasteiger partial charge in [-0.3, -0.25) is 9.59 Å². The molecule has 2 aromatic rings. The Labute approximate surface area is 228 Å². The van der Waals surface area contributed by atoms with E-state index in [1.54, 1.807) is 19.1 Å².